The summed E-state index contributed by atoms with van der Waals surface area (Å²) in [6.45, 7) is 6.18. The molecule has 0 aliphatic heterocycles. The van der Waals surface area contributed by atoms with Gasteiger partial charge in [-0.2, -0.15) is 0 Å². The molecule has 0 fully saturated rings. The Labute approximate surface area is 625 Å². The average Bonchev–Trinajstić information content (AvgIpc) is 1.90. The second-order valence-corrected chi connectivity index (χ2v) is 26.3. The van der Waals surface area contributed by atoms with Crippen LogP contribution in [0.25, 0.3) is 22.4 Å². The highest BCUT2D eigenvalue weighted by atomic mass is 19.1. The number of carbonyl (C=O) groups is 13. The monoisotopic (exact) mass is 1510 g/mol. The first kappa shape index (κ1) is 85.8. The lowest BCUT2D eigenvalue weighted by atomic mass is 9.95. The van der Waals surface area contributed by atoms with Gasteiger partial charge in [0.25, 0.3) is 0 Å². The number of pyridine rings is 1. The number of carboxylic acids is 2. The number of imidazole rings is 1. The van der Waals surface area contributed by atoms with E-state index in [1.165, 1.54) is 50.8 Å². The highest BCUT2D eigenvalue weighted by Gasteiger charge is 2.39. The van der Waals surface area contributed by atoms with Crippen molar-refractivity contribution < 1.29 is 97.0 Å². The molecule has 34 nitrogen and oxygen atoms in total. The standard InChI is InChI=1S/C74H92FN15O19/c1-8-43-29-47(109-7)22-23-49(43)44-20-17-41(18-21-44)27-55(67(102)82-54(64(77)99)28-42-19-24-52(79-33-42)48-15-11-9-13-38(48)2)83-68(103)57(32-61(97)98)84-70(105)58(36-91)86-72(107)63(40(4)93)89-69(104)56(30-45-14-10-12-16-50(45)75)85-71(106)62(39(3)92)88-59(94)35-80-66(101)53(25-26-60(95)96)87-73(108)74(5,6)90-65(100)51(76)31-46-34-78-37-81-46/h9-24,29,33-34,37,39-40,51,53-58,62-63,91-93H,8,25-28,30-32,35-36,76H2,1-7H3,(H2,77,99)(H,78,81)(H,80,101)(H,82,102)(H,83,103)(H,84,105)(H,85,106)(H,86,107)(H,87,108)(H,88,94)(H,89,104)(H,90,100)(H,95,96)(H,97,98)/t39-,40-,51+,53+,54+,55+,56+,57+,58+,62+,63+/m1/s1. The number of carbonyl (C=O) groups excluding carboxylic acids is 11. The molecule has 584 valence electrons. The van der Waals surface area contributed by atoms with Gasteiger partial charge in [0, 0.05) is 50.1 Å². The van der Waals surface area contributed by atoms with Crippen molar-refractivity contribution in [3.63, 3.8) is 0 Å². The normalized spacial score (nSPS) is 14.2. The number of aryl methyl sites for hydroxylation is 2. The largest absolute Gasteiger partial charge is 0.497 e. The van der Waals surface area contributed by atoms with Gasteiger partial charge in [0.2, 0.25) is 65.0 Å². The lowest BCUT2D eigenvalue weighted by Crippen LogP contribution is -2.63. The molecule has 0 saturated heterocycles. The topological polar surface area (TPSA) is 546 Å². The summed E-state index contributed by atoms with van der Waals surface area (Å²) in [7, 11) is 1.54. The molecule has 0 saturated carbocycles. The van der Waals surface area contributed by atoms with Crippen molar-refractivity contribution in [1.82, 2.24) is 68.1 Å². The number of benzene rings is 4. The maximum absolute atomic E-state index is 15.3. The van der Waals surface area contributed by atoms with Gasteiger partial charge < -0.3 is 99.9 Å². The third kappa shape index (κ3) is 25.8. The first-order valence-corrected chi connectivity index (χ1v) is 34.6. The zero-order valence-corrected chi connectivity index (χ0v) is 60.8. The van der Waals surface area contributed by atoms with E-state index in [0.717, 1.165) is 47.7 Å². The average molecular weight is 1510 g/mol. The maximum atomic E-state index is 15.3. The van der Waals surface area contributed by atoms with E-state index in [2.05, 4.69) is 68.1 Å². The van der Waals surface area contributed by atoms with E-state index in [0.29, 0.717) is 34.7 Å². The molecule has 0 aliphatic rings. The van der Waals surface area contributed by atoms with Crippen molar-refractivity contribution in [2.24, 2.45) is 11.5 Å². The van der Waals surface area contributed by atoms with Gasteiger partial charge in [-0.3, -0.25) is 67.3 Å². The van der Waals surface area contributed by atoms with E-state index < -0.39 is 194 Å². The van der Waals surface area contributed by atoms with Crippen molar-refractivity contribution in [3.8, 4) is 28.1 Å². The molecular formula is C74H92FN15O19. The predicted octanol–water partition coefficient (Wildman–Crippen LogP) is -1.78. The number of carboxylic acid groups (broad SMARTS) is 2. The molecule has 0 radical (unpaired) electrons. The molecule has 0 spiro atoms. The van der Waals surface area contributed by atoms with Gasteiger partial charge in [0.1, 0.15) is 65.4 Å². The highest BCUT2D eigenvalue weighted by Crippen LogP contribution is 2.29. The zero-order valence-electron chi connectivity index (χ0n) is 60.8. The van der Waals surface area contributed by atoms with Gasteiger partial charge in [-0.25, -0.2) is 9.37 Å². The molecule has 0 unspecified atom stereocenters. The van der Waals surface area contributed by atoms with Crippen molar-refractivity contribution in [2.45, 2.75) is 165 Å². The predicted molar refractivity (Wildman–Crippen MR) is 389 cm³/mol. The Kier molecular flexibility index (Phi) is 32.0. The van der Waals surface area contributed by atoms with Crippen LogP contribution in [0.3, 0.4) is 0 Å². The lowest BCUT2D eigenvalue weighted by Gasteiger charge is -2.29. The van der Waals surface area contributed by atoms with E-state index in [9.17, 15) is 87.9 Å². The molecule has 109 heavy (non-hydrogen) atoms. The van der Waals surface area contributed by atoms with Gasteiger partial charge in [0.15, 0.2) is 0 Å². The fourth-order valence-corrected chi connectivity index (χ4v) is 11.2. The number of amides is 11. The van der Waals surface area contributed by atoms with Crippen LogP contribution in [0, 0.1) is 12.7 Å². The molecule has 11 amide bonds. The number of nitrogens with one attached hydrogen (secondary N) is 11. The van der Waals surface area contributed by atoms with Crippen LogP contribution in [0.2, 0.25) is 0 Å². The van der Waals surface area contributed by atoms with Gasteiger partial charge in [0.05, 0.1) is 62.6 Å². The number of nitrogens with zero attached hydrogens (tertiary/aromatic N) is 2. The highest BCUT2D eigenvalue weighted by molar-refractivity contribution is 6.00. The molecule has 2 aromatic heterocycles. The van der Waals surface area contributed by atoms with Crippen LogP contribution in [0.1, 0.15) is 87.4 Å². The summed E-state index contributed by atoms with van der Waals surface area (Å²) in [4.78, 5) is 187. The number of aliphatic hydroxyl groups excluding tert-OH is 3. The van der Waals surface area contributed by atoms with E-state index in [4.69, 9.17) is 16.2 Å². The second kappa shape index (κ2) is 40.6. The molecule has 6 rings (SSSR count). The number of aromatic nitrogens is 3. The van der Waals surface area contributed by atoms with Crippen molar-refractivity contribution in [2.75, 3.05) is 20.3 Å². The van der Waals surface area contributed by atoms with Crippen LogP contribution >= 0.6 is 0 Å². The number of primary amides is 1. The van der Waals surface area contributed by atoms with Crippen LogP contribution in [-0.4, -0.2) is 210 Å². The Bertz CT molecular complexity index is 4220. The minimum absolute atomic E-state index is 0.0157. The number of aliphatic hydroxyl groups is 3. The summed E-state index contributed by atoms with van der Waals surface area (Å²) in [5, 5.41) is 74.8. The SMILES string of the molecule is CCc1cc(OC)ccc1-c1ccc(C[C@H](NC(=O)[C@H](CC(=O)O)NC(=O)[C@H](CO)NC(=O)[C@@H](NC(=O)[C@H](Cc2ccccc2F)NC(=O)[C@@H](NC(=O)CNC(=O)[C@H](CCC(=O)O)NC(=O)C(C)(C)NC(=O)[C@@H](N)Cc2c[nH]cn2)[C@@H](C)O)[C@@H](C)O)C(=O)N[C@@H](Cc2ccc(-c3ccccc3C)nc2)C(N)=O)cc1. The van der Waals surface area contributed by atoms with Crippen LogP contribution in [0.5, 0.6) is 5.75 Å². The van der Waals surface area contributed by atoms with Gasteiger partial charge in [-0.1, -0.05) is 85.8 Å². The van der Waals surface area contributed by atoms with Crippen molar-refractivity contribution in [1.29, 1.82) is 0 Å². The van der Waals surface area contributed by atoms with E-state index >= 15 is 4.39 Å². The number of hydrogen-bond acceptors (Lipinski definition) is 20. The Balaban J connectivity index is 1.16. The number of aliphatic carboxylic acids is 2. The van der Waals surface area contributed by atoms with E-state index in [1.54, 1.807) is 49.6 Å². The smallest absolute Gasteiger partial charge is 0.305 e. The molecule has 11 atom stereocenters. The van der Waals surface area contributed by atoms with E-state index in [-0.39, 0.29) is 24.8 Å². The fraction of sp³-hybridized carbons (Fsp3) is 0.392. The summed E-state index contributed by atoms with van der Waals surface area (Å²) in [5.74, 6) is -16.1. The number of methoxy groups -OCH3 is 1. The molecular weight excluding hydrogens is 1420 g/mol. The molecule has 20 N–H and O–H groups in total. The maximum Gasteiger partial charge on any atom is 0.305 e. The third-order valence-electron chi connectivity index (χ3n) is 17.4. The lowest BCUT2D eigenvalue weighted by molar-refractivity contribution is -0.142. The second-order valence-electron chi connectivity index (χ2n) is 26.3. The Morgan fingerprint density at radius 2 is 1.17 bits per heavy atom. The molecule has 4 aromatic carbocycles. The fourth-order valence-electron chi connectivity index (χ4n) is 11.2. The first-order valence-electron chi connectivity index (χ1n) is 34.6. The number of rotatable bonds is 41. The van der Waals surface area contributed by atoms with Gasteiger partial charge in [-0.15, -0.1) is 0 Å². The zero-order chi connectivity index (χ0) is 80.4. The summed E-state index contributed by atoms with van der Waals surface area (Å²) >= 11 is 0. The number of aromatic amines is 1. The van der Waals surface area contributed by atoms with Crippen molar-refractivity contribution in [3.05, 3.63) is 161 Å². The number of halogens is 1. The van der Waals surface area contributed by atoms with Crippen LogP contribution in [0.15, 0.2) is 122 Å². The third-order valence-corrected chi connectivity index (χ3v) is 17.4. The van der Waals surface area contributed by atoms with Gasteiger partial charge in [-0.05, 0) is 111 Å². The van der Waals surface area contributed by atoms with Crippen LogP contribution in [0.4, 0.5) is 4.39 Å². The Hall–Kier alpha value is -12.1. The number of hydrogen-bond donors (Lipinski definition) is 18. The first-order chi connectivity index (χ1) is 51.6. The van der Waals surface area contributed by atoms with Crippen molar-refractivity contribution >= 4 is 76.9 Å². The molecule has 6 aromatic rings. The number of nitrogens with two attached hydrogens (primary N) is 2. The van der Waals surface area contributed by atoms with Crippen LogP contribution < -0.4 is 69.4 Å². The molecule has 35 heteroatoms. The molecule has 0 aliphatic carbocycles. The molecule has 2 heterocycles. The summed E-state index contributed by atoms with van der Waals surface area (Å²) in [5.41, 5.74) is 16.3. The molecule has 0 bridgehead atoms. The van der Waals surface area contributed by atoms with E-state index in [1.807, 2.05) is 50.2 Å². The van der Waals surface area contributed by atoms with Crippen LogP contribution in [-0.2, 0) is 94.4 Å². The minimum atomic E-state index is -2.12. The summed E-state index contributed by atoms with van der Waals surface area (Å²) in [6, 6.07) is 12.2. The number of H-pyrrole nitrogens is 1. The Morgan fingerprint density at radius 3 is 1.76 bits per heavy atom. The number of ether oxygens (including phenoxy) is 1. The minimum Gasteiger partial charge on any atom is -0.497 e. The Morgan fingerprint density at radius 1 is 0.596 bits per heavy atom. The quantitative estimate of drug-likeness (QED) is 0.0202. The van der Waals surface area contributed by atoms with Gasteiger partial charge >= 0.3 is 11.9 Å². The summed E-state index contributed by atoms with van der Waals surface area (Å²) < 4.78 is 20.7. The summed E-state index contributed by atoms with van der Waals surface area (Å²) in [6.07, 6.45) is -2.27.